The highest BCUT2D eigenvalue weighted by atomic mass is 32.2. The van der Waals surface area contributed by atoms with Crippen molar-refractivity contribution in [2.45, 2.75) is 48.3 Å². The predicted molar refractivity (Wildman–Crippen MR) is 139 cm³/mol. The first kappa shape index (κ1) is 26.3. The topological polar surface area (TPSA) is 138 Å². The van der Waals surface area contributed by atoms with Gasteiger partial charge in [0.05, 0.1) is 19.8 Å². The Morgan fingerprint density at radius 3 is 2.68 bits per heavy atom. The van der Waals surface area contributed by atoms with E-state index in [1.165, 1.54) is 6.07 Å². The van der Waals surface area contributed by atoms with E-state index in [0.717, 1.165) is 4.31 Å². The largest absolute Gasteiger partial charge is 0.497 e. The van der Waals surface area contributed by atoms with Gasteiger partial charge in [-0.25, -0.2) is 13.2 Å². The lowest BCUT2D eigenvalue weighted by molar-refractivity contribution is -0.127. The average Bonchev–Trinajstić information content (AvgIpc) is 3.31. The van der Waals surface area contributed by atoms with Crippen molar-refractivity contribution in [3.05, 3.63) is 48.5 Å². The SMILES string of the molecule is COc1cccc(NC(=O)N2CCC3(CCOc4ccccc4S(=O)(=O)N4C[C@H](O)C[C@H]4C(=O)N3)CC2)c1. The summed E-state index contributed by atoms with van der Waals surface area (Å²) in [7, 11) is -2.52. The Morgan fingerprint density at radius 2 is 1.92 bits per heavy atom. The quantitative estimate of drug-likeness (QED) is 0.524. The fraction of sp³-hybridized carbons (Fsp3) is 0.462. The molecule has 204 valence electrons. The fourth-order valence-electron chi connectivity index (χ4n) is 5.38. The monoisotopic (exact) mass is 544 g/mol. The molecule has 0 aromatic heterocycles. The summed E-state index contributed by atoms with van der Waals surface area (Å²) in [5, 5.41) is 16.3. The molecule has 3 aliphatic rings. The van der Waals surface area contributed by atoms with Gasteiger partial charge >= 0.3 is 6.03 Å². The van der Waals surface area contributed by atoms with Crippen LogP contribution >= 0.6 is 0 Å². The van der Waals surface area contributed by atoms with Gasteiger partial charge in [-0.15, -0.1) is 0 Å². The van der Waals surface area contributed by atoms with E-state index in [0.29, 0.717) is 43.8 Å². The van der Waals surface area contributed by atoms with E-state index in [1.807, 2.05) is 0 Å². The molecule has 11 nitrogen and oxygen atoms in total. The number of rotatable bonds is 2. The zero-order chi connectivity index (χ0) is 26.9. The van der Waals surface area contributed by atoms with Gasteiger partial charge in [0.1, 0.15) is 22.4 Å². The summed E-state index contributed by atoms with van der Waals surface area (Å²) >= 11 is 0. The lowest BCUT2D eigenvalue weighted by atomic mass is 9.84. The number of amides is 3. The number of hydrogen-bond donors (Lipinski definition) is 3. The number of para-hydroxylation sites is 1. The van der Waals surface area contributed by atoms with E-state index < -0.39 is 33.6 Å². The molecule has 2 saturated heterocycles. The Balaban J connectivity index is 1.35. The van der Waals surface area contributed by atoms with Gasteiger partial charge in [-0.05, 0) is 37.1 Å². The molecule has 0 radical (unpaired) electrons. The number of nitrogens with one attached hydrogen (secondary N) is 2. The Bertz CT molecular complexity index is 1310. The molecule has 0 unspecified atom stereocenters. The molecule has 38 heavy (non-hydrogen) atoms. The standard InChI is InChI=1S/C26H32N4O7S/c1-36-20-6-4-5-18(15-20)27-25(33)29-12-9-26(10-13-29)11-14-37-22-7-2-3-8-23(22)38(34,35)30-17-19(31)16-21(30)24(32)28-26/h2-8,15,19,21,31H,9-14,16-17H2,1H3,(H,27,33)(H,28,32)/t19-,21+/m1/s1. The van der Waals surface area contributed by atoms with Crippen molar-refractivity contribution in [2.75, 3.05) is 38.7 Å². The third kappa shape index (κ3) is 5.16. The third-order valence-electron chi connectivity index (χ3n) is 7.53. The molecule has 3 heterocycles. The number of ether oxygens (including phenoxy) is 2. The minimum Gasteiger partial charge on any atom is -0.497 e. The number of benzene rings is 2. The van der Waals surface area contributed by atoms with Crippen LogP contribution in [0.4, 0.5) is 10.5 Å². The molecule has 3 N–H and O–H groups in total. The van der Waals surface area contributed by atoms with Crippen LogP contribution in [0.25, 0.3) is 0 Å². The minimum atomic E-state index is -4.08. The first-order chi connectivity index (χ1) is 18.2. The summed E-state index contributed by atoms with van der Waals surface area (Å²) in [6.45, 7) is 0.806. The summed E-state index contributed by atoms with van der Waals surface area (Å²) in [5.74, 6) is 0.404. The van der Waals surface area contributed by atoms with Crippen molar-refractivity contribution >= 4 is 27.6 Å². The maximum absolute atomic E-state index is 13.5. The molecule has 12 heteroatoms. The van der Waals surface area contributed by atoms with Crippen LogP contribution in [-0.2, 0) is 14.8 Å². The highest BCUT2D eigenvalue weighted by Crippen LogP contribution is 2.35. The van der Waals surface area contributed by atoms with Gasteiger partial charge in [-0.1, -0.05) is 18.2 Å². The number of anilines is 1. The number of likely N-dealkylation sites (tertiary alicyclic amines) is 1. The summed E-state index contributed by atoms with van der Waals surface area (Å²) in [6.07, 6.45) is 0.441. The zero-order valence-corrected chi connectivity index (χ0v) is 21.9. The molecular formula is C26H32N4O7S. The lowest BCUT2D eigenvalue weighted by Crippen LogP contribution is -2.60. The van der Waals surface area contributed by atoms with Crippen molar-refractivity contribution in [3.8, 4) is 11.5 Å². The summed E-state index contributed by atoms with van der Waals surface area (Å²) in [6, 6.07) is 12.2. The van der Waals surface area contributed by atoms with E-state index in [1.54, 1.807) is 54.5 Å². The number of aliphatic hydroxyl groups is 1. The third-order valence-corrected chi connectivity index (χ3v) is 9.44. The van der Waals surface area contributed by atoms with Gasteiger partial charge in [0.2, 0.25) is 15.9 Å². The number of nitrogens with zero attached hydrogens (tertiary/aromatic N) is 2. The van der Waals surface area contributed by atoms with Crippen molar-refractivity contribution in [1.29, 1.82) is 0 Å². The Labute approximate surface area is 221 Å². The van der Waals surface area contributed by atoms with Gasteiger partial charge < -0.3 is 30.1 Å². The Morgan fingerprint density at radius 1 is 1.16 bits per heavy atom. The van der Waals surface area contributed by atoms with E-state index in [2.05, 4.69) is 10.6 Å². The molecule has 3 aliphatic heterocycles. The van der Waals surface area contributed by atoms with E-state index in [9.17, 15) is 23.1 Å². The van der Waals surface area contributed by atoms with Crippen molar-refractivity contribution < 1.29 is 32.6 Å². The molecule has 1 spiro atoms. The van der Waals surface area contributed by atoms with Gasteiger partial charge in [0.15, 0.2) is 0 Å². The molecule has 2 fully saturated rings. The van der Waals surface area contributed by atoms with Crippen molar-refractivity contribution in [1.82, 2.24) is 14.5 Å². The Kier molecular flexibility index (Phi) is 7.21. The summed E-state index contributed by atoms with van der Waals surface area (Å²) < 4.78 is 39.2. The van der Waals surface area contributed by atoms with E-state index in [4.69, 9.17) is 9.47 Å². The number of methoxy groups -OCH3 is 1. The zero-order valence-electron chi connectivity index (χ0n) is 21.1. The predicted octanol–water partition coefficient (Wildman–Crippen LogP) is 1.78. The fourth-order valence-corrected chi connectivity index (χ4v) is 7.15. The second-order valence-electron chi connectivity index (χ2n) is 9.94. The second kappa shape index (κ2) is 10.4. The van der Waals surface area contributed by atoms with E-state index >= 15 is 0 Å². The first-order valence-corrected chi connectivity index (χ1v) is 14.1. The maximum atomic E-state index is 13.5. The minimum absolute atomic E-state index is 0.0131. The molecule has 0 saturated carbocycles. The van der Waals surface area contributed by atoms with Crippen LogP contribution in [-0.4, -0.2) is 85.7 Å². The first-order valence-electron chi connectivity index (χ1n) is 12.6. The molecule has 2 aromatic carbocycles. The molecular weight excluding hydrogens is 512 g/mol. The van der Waals surface area contributed by atoms with E-state index in [-0.39, 0.29) is 36.2 Å². The molecule has 0 bridgehead atoms. The van der Waals surface area contributed by atoms with Gasteiger partial charge in [-0.3, -0.25) is 4.79 Å². The molecule has 2 atom stereocenters. The van der Waals surface area contributed by atoms with Crippen LogP contribution in [0, 0.1) is 0 Å². The second-order valence-corrected chi connectivity index (χ2v) is 11.8. The number of hydrogen-bond acceptors (Lipinski definition) is 7. The highest BCUT2D eigenvalue weighted by Gasteiger charge is 2.47. The van der Waals surface area contributed by atoms with Gasteiger partial charge in [0, 0.05) is 49.8 Å². The number of piperidine rings is 1. The van der Waals surface area contributed by atoms with Crippen molar-refractivity contribution in [3.63, 3.8) is 0 Å². The lowest BCUT2D eigenvalue weighted by Gasteiger charge is -2.43. The van der Waals surface area contributed by atoms with Crippen LogP contribution in [0.1, 0.15) is 25.7 Å². The molecule has 3 amide bonds. The Hall–Kier alpha value is -3.35. The van der Waals surface area contributed by atoms with Crippen LogP contribution in [0.3, 0.4) is 0 Å². The van der Waals surface area contributed by atoms with Gasteiger partial charge in [-0.2, -0.15) is 4.31 Å². The summed E-state index contributed by atoms with van der Waals surface area (Å²) in [4.78, 5) is 28.1. The highest BCUT2D eigenvalue weighted by molar-refractivity contribution is 7.89. The number of aliphatic hydroxyl groups excluding tert-OH is 1. The maximum Gasteiger partial charge on any atom is 0.321 e. The van der Waals surface area contributed by atoms with Crippen LogP contribution in [0.2, 0.25) is 0 Å². The van der Waals surface area contributed by atoms with Crippen molar-refractivity contribution in [2.24, 2.45) is 0 Å². The molecule has 2 aromatic rings. The number of carbonyl (C=O) groups excluding carboxylic acids is 2. The number of urea groups is 1. The smallest absolute Gasteiger partial charge is 0.321 e. The van der Waals surface area contributed by atoms with Crippen LogP contribution in [0.5, 0.6) is 11.5 Å². The molecule has 0 aliphatic carbocycles. The number of fused-ring (bicyclic) bond motifs is 2. The average molecular weight is 545 g/mol. The van der Waals surface area contributed by atoms with Crippen LogP contribution < -0.4 is 20.1 Å². The number of sulfonamides is 1. The number of carbonyl (C=O) groups is 2. The summed E-state index contributed by atoms with van der Waals surface area (Å²) in [5.41, 5.74) is -0.0717. The molecule has 5 rings (SSSR count). The normalized spacial score (nSPS) is 24.8. The van der Waals surface area contributed by atoms with Crippen LogP contribution in [0.15, 0.2) is 53.4 Å². The van der Waals surface area contributed by atoms with Gasteiger partial charge in [0.25, 0.3) is 0 Å².